The average Bonchev–Trinajstić information content (AvgIpc) is 3.01. The molecule has 0 aromatic heterocycles. The van der Waals surface area contributed by atoms with Crippen molar-refractivity contribution in [1.29, 1.82) is 0 Å². The lowest BCUT2D eigenvalue weighted by atomic mass is 10.1. The number of rotatable bonds is 34. The molecule has 0 saturated carbocycles. The van der Waals surface area contributed by atoms with Crippen molar-refractivity contribution < 1.29 is 42.1 Å². The molecule has 0 aliphatic heterocycles. The van der Waals surface area contributed by atoms with Gasteiger partial charge in [-0.05, 0) is 38.5 Å². The SMILES string of the molecule is CCCCCCCC/C=C\CCCCCCCCCC(=O)OC(COC(=O)CCCCCCCC)COP(=O)(O)OCC[N+](C)(C)C. The van der Waals surface area contributed by atoms with Gasteiger partial charge in [-0.25, -0.2) is 4.57 Å². The average molecular weight is 691 g/mol. The highest BCUT2D eigenvalue weighted by Gasteiger charge is 2.27. The molecule has 1 N–H and O–H groups in total. The van der Waals surface area contributed by atoms with Crippen LogP contribution in [0.1, 0.15) is 162 Å². The molecule has 0 aliphatic rings. The van der Waals surface area contributed by atoms with Crippen molar-refractivity contribution in [2.75, 3.05) is 47.5 Å². The van der Waals surface area contributed by atoms with Crippen LogP contribution >= 0.6 is 7.82 Å². The van der Waals surface area contributed by atoms with E-state index in [2.05, 4.69) is 26.0 Å². The van der Waals surface area contributed by atoms with E-state index in [9.17, 15) is 19.0 Å². The van der Waals surface area contributed by atoms with E-state index in [4.69, 9.17) is 18.5 Å². The predicted octanol–water partition coefficient (Wildman–Crippen LogP) is 9.85. The molecular formula is C37H73NO8P+. The minimum Gasteiger partial charge on any atom is -0.462 e. The summed E-state index contributed by atoms with van der Waals surface area (Å²) >= 11 is 0. The second kappa shape index (κ2) is 30.8. The minimum atomic E-state index is -4.36. The lowest BCUT2D eigenvalue weighted by Crippen LogP contribution is -2.37. The maximum absolute atomic E-state index is 12.6. The molecule has 9 nitrogen and oxygen atoms in total. The van der Waals surface area contributed by atoms with Crippen molar-refractivity contribution >= 4 is 19.8 Å². The quantitative estimate of drug-likeness (QED) is 0.0234. The number of esters is 2. The number of phosphoric acid groups is 1. The Morgan fingerprint density at radius 2 is 1.09 bits per heavy atom. The number of phosphoric ester groups is 1. The number of hydrogen-bond acceptors (Lipinski definition) is 7. The molecule has 278 valence electrons. The van der Waals surface area contributed by atoms with E-state index in [0.29, 0.717) is 17.4 Å². The molecule has 0 rings (SSSR count). The molecule has 2 unspecified atom stereocenters. The number of carbonyl (C=O) groups is 2. The lowest BCUT2D eigenvalue weighted by molar-refractivity contribution is -0.870. The Morgan fingerprint density at radius 1 is 0.638 bits per heavy atom. The number of nitrogens with zero attached hydrogens (tertiary/aromatic N) is 1. The molecule has 10 heteroatoms. The van der Waals surface area contributed by atoms with E-state index in [1.165, 1.54) is 77.0 Å². The monoisotopic (exact) mass is 691 g/mol. The molecule has 2 atom stereocenters. The second-order valence-corrected chi connectivity index (χ2v) is 15.4. The summed E-state index contributed by atoms with van der Waals surface area (Å²) in [4.78, 5) is 34.9. The predicted molar refractivity (Wildman–Crippen MR) is 192 cm³/mol. The highest BCUT2D eigenvalue weighted by atomic mass is 31.2. The molecule has 0 fully saturated rings. The Labute approximate surface area is 288 Å². The first-order valence-corrected chi connectivity index (χ1v) is 20.4. The summed E-state index contributed by atoms with van der Waals surface area (Å²) in [6, 6.07) is 0. The number of allylic oxidation sites excluding steroid dienone is 2. The zero-order chi connectivity index (χ0) is 35.1. The van der Waals surface area contributed by atoms with Crippen molar-refractivity contribution in [3.05, 3.63) is 12.2 Å². The Hall–Kier alpha value is -1.25. The fraction of sp³-hybridized carbons (Fsp3) is 0.892. The zero-order valence-electron chi connectivity index (χ0n) is 31.0. The van der Waals surface area contributed by atoms with Crippen LogP contribution in [0.25, 0.3) is 0 Å². The summed E-state index contributed by atoms with van der Waals surface area (Å²) in [6.45, 7) is 4.34. The van der Waals surface area contributed by atoms with Gasteiger partial charge in [0.15, 0.2) is 6.10 Å². The van der Waals surface area contributed by atoms with E-state index >= 15 is 0 Å². The van der Waals surface area contributed by atoms with Crippen LogP contribution in [0.5, 0.6) is 0 Å². The molecule has 0 radical (unpaired) electrons. The standard InChI is InChI=1S/C37H72NO8P/c1-6-8-10-12-14-15-16-17-18-19-20-21-22-23-24-26-28-30-37(40)46-35(33-43-36(39)29-27-25-13-11-9-7-2)34-45-47(41,42)44-32-31-38(3,4)5/h17-18,35H,6-16,19-34H2,1-5H3/p+1/b18-17-. The molecule has 0 aliphatic carbocycles. The molecular weight excluding hydrogens is 617 g/mol. The molecule has 0 aromatic rings. The lowest BCUT2D eigenvalue weighted by Gasteiger charge is -2.24. The van der Waals surface area contributed by atoms with Gasteiger partial charge in [-0.15, -0.1) is 0 Å². The number of hydrogen-bond donors (Lipinski definition) is 1. The minimum absolute atomic E-state index is 0.0331. The van der Waals surface area contributed by atoms with Crippen molar-refractivity contribution in [3.63, 3.8) is 0 Å². The molecule has 0 spiro atoms. The number of ether oxygens (including phenoxy) is 2. The van der Waals surface area contributed by atoms with E-state index in [-0.39, 0.29) is 32.0 Å². The van der Waals surface area contributed by atoms with Crippen molar-refractivity contribution in [2.24, 2.45) is 0 Å². The van der Waals surface area contributed by atoms with Crippen LogP contribution in [0.4, 0.5) is 0 Å². The normalized spacial score (nSPS) is 13.9. The van der Waals surface area contributed by atoms with Crippen LogP contribution in [0.2, 0.25) is 0 Å². The Morgan fingerprint density at radius 3 is 1.57 bits per heavy atom. The van der Waals surface area contributed by atoms with E-state index in [1.807, 2.05) is 21.1 Å². The van der Waals surface area contributed by atoms with E-state index in [0.717, 1.165) is 51.4 Å². The number of quaternary nitrogens is 1. The van der Waals surface area contributed by atoms with Crippen LogP contribution in [-0.2, 0) is 32.7 Å². The van der Waals surface area contributed by atoms with Crippen molar-refractivity contribution in [1.82, 2.24) is 0 Å². The first-order valence-electron chi connectivity index (χ1n) is 18.9. The summed E-state index contributed by atoms with van der Waals surface area (Å²) in [5, 5.41) is 0. The Balaban J connectivity index is 4.32. The maximum Gasteiger partial charge on any atom is 0.472 e. The molecule has 0 saturated heterocycles. The van der Waals surface area contributed by atoms with Gasteiger partial charge in [0.2, 0.25) is 0 Å². The highest BCUT2D eigenvalue weighted by Crippen LogP contribution is 2.43. The smallest absolute Gasteiger partial charge is 0.462 e. The topological polar surface area (TPSA) is 108 Å². The molecule has 0 bridgehead atoms. The summed E-state index contributed by atoms with van der Waals surface area (Å²) in [5.41, 5.74) is 0. The summed E-state index contributed by atoms with van der Waals surface area (Å²) in [5.74, 6) is -0.811. The molecule has 47 heavy (non-hydrogen) atoms. The van der Waals surface area contributed by atoms with Gasteiger partial charge in [0.25, 0.3) is 0 Å². The largest absolute Gasteiger partial charge is 0.472 e. The van der Waals surface area contributed by atoms with Crippen LogP contribution in [0.15, 0.2) is 12.2 Å². The molecule has 0 heterocycles. The maximum atomic E-state index is 12.6. The van der Waals surface area contributed by atoms with Gasteiger partial charge in [-0.2, -0.15) is 0 Å². The third-order valence-electron chi connectivity index (χ3n) is 8.05. The van der Waals surface area contributed by atoms with Crippen molar-refractivity contribution in [3.8, 4) is 0 Å². The third kappa shape index (κ3) is 34.4. The van der Waals surface area contributed by atoms with Gasteiger partial charge in [0.1, 0.15) is 19.8 Å². The van der Waals surface area contributed by atoms with Crippen molar-refractivity contribution in [2.45, 2.75) is 168 Å². The fourth-order valence-corrected chi connectivity index (χ4v) is 5.75. The van der Waals surface area contributed by atoms with Crippen LogP contribution in [0, 0.1) is 0 Å². The summed E-state index contributed by atoms with van der Waals surface area (Å²) in [7, 11) is 1.48. The Kier molecular flexibility index (Phi) is 30.0. The second-order valence-electron chi connectivity index (χ2n) is 14.0. The summed E-state index contributed by atoms with van der Waals surface area (Å²) < 4.78 is 34.0. The number of likely N-dealkylation sites (N-methyl/N-ethyl adjacent to an activating group) is 1. The van der Waals surface area contributed by atoms with Gasteiger partial charge in [-0.1, -0.05) is 122 Å². The fourth-order valence-electron chi connectivity index (χ4n) is 5.01. The Bertz CT molecular complexity index is 830. The highest BCUT2D eigenvalue weighted by molar-refractivity contribution is 7.47. The van der Waals surface area contributed by atoms with Gasteiger partial charge in [0.05, 0.1) is 27.7 Å². The van der Waals surface area contributed by atoms with Gasteiger partial charge < -0.3 is 18.9 Å². The summed E-state index contributed by atoms with van der Waals surface area (Å²) in [6.07, 6.45) is 28.5. The van der Waals surface area contributed by atoms with Crippen LogP contribution in [0.3, 0.4) is 0 Å². The molecule has 0 amide bonds. The molecule has 0 aromatic carbocycles. The number of carbonyl (C=O) groups excluding carboxylic acids is 2. The van der Waals surface area contributed by atoms with Crippen LogP contribution < -0.4 is 0 Å². The van der Waals surface area contributed by atoms with E-state index in [1.54, 1.807) is 0 Å². The first-order chi connectivity index (χ1) is 22.5. The van der Waals surface area contributed by atoms with Gasteiger partial charge in [0, 0.05) is 12.8 Å². The van der Waals surface area contributed by atoms with E-state index < -0.39 is 26.5 Å². The zero-order valence-corrected chi connectivity index (χ0v) is 31.9. The van der Waals surface area contributed by atoms with Gasteiger partial charge in [-0.3, -0.25) is 18.6 Å². The third-order valence-corrected chi connectivity index (χ3v) is 9.03. The van der Waals surface area contributed by atoms with Gasteiger partial charge >= 0.3 is 19.8 Å². The first kappa shape index (κ1) is 45.8. The van der Waals surface area contributed by atoms with Crippen LogP contribution in [-0.4, -0.2) is 74.9 Å². The number of unbranched alkanes of at least 4 members (excludes halogenated alkanes) is 18.